The Labute approximate surface area is 97.0 Å². The summed E-state index contributed by atoms with van der Waals surface area (Å²) in [6.07, 6.45) is 3.34. The first-order chi connectivity index (χ1) is 7.52. The van der Waals surface area contributed by atoms with Gasteiger partial charge < -0.3 is 15.3 Å². The zero-order chi connectivity index (χ0) is 11.8. The van der Waals surface area contributed by atoms with Crippen molar-refractivity contribution < 1.29 is 9.90 Å². The molecule has 1 aliphatic carbocycles. The van der Waals surface area contributed by atoms with Gasteiger partial charge in [0, 0.05) is 31.2 Å². The van der Waals surface area contributed by atoms with Crippen molar-refractivity contribution in [3.63, 3.8) is 0 Å². The lowest BCUT2D eigenvalue weighted by Crippen LogP contribution is -2.43. The third-order valence-corrected chi connectivity index (χ3v) is 3.36. The molecule has 1 heterocycles. The van der Waals surface area contributed by atoms with Crippen LogP contribution in [0.1, 0.15) is 33.1 Å². The molecule has 2 fully saturated rings. The smallest absolute Gasteiger partial charge is 0.239 e. The lowest BCUT2D eigenvalue weighted by Gasteiger charge is -2.28. The number of hydrogen-bond donors (Lipinski definition) is 2. The number of likely N-dealkylation sites (tertiary alicyclic amines) is 1. The van der Waals surface area contributed by atoms with E-state index in [1.165, 1.54) is 12.8 Å². The van der Waals surface area contributed by atoms with Crippen molar-refractivity contribution in [1.82, 2.24) is 10.2 Å². The van der Waals surface area contributed by atoms with Gasteiger partial charge in [-0.2, -0.15) is 0 Å². The second kappa shape index (κ2) is 4.34. The maximum Gasteiger partial charge on any atom is 0.239 e. The number of carbonyl (C=O) groups is 1. The SMILES string of the molecule is CC(C)(CO)CN1CCC(NC2CC2)C1=O. The van der Waals surface area contributed by atoms with Crippen LogP contribution in [0, 0.1) is 5.41 Å². The number of hydrogen-bond acceptors (Lipinski definition) is 3. The van der Waals surface area contributed by atoms with Crippen LogP contribution in [0.15, 0.2) is 0 Å². The van der Waals surface area contributed by atoms with Gasteiger partial charge in [0.15, 0.2) is 0 Å². The molecule has 4 nitrogen and oxygen atoms in total. The molecule has 0 aromatic heterocycles. The Bertz CT molecular complexity index is 274. The molecule has 16 heavy (non-hydrogen) atoms. The van der Waals surface area contributed by atoms with Crippen LogP contribution in [0.3, 0.4) is 0 Å². The molecule has 1 saturated carbocycles. The van der Waals surface area contributed by atoms with Gasteiger partial charge in [-0.05, 0) is 19.3 Å². The second-order valence-electron chi connectivity index (χ2n) is 5.86. The second-order valence-corrected chi connectivity index (χ2v) is 5.86. The first-order valence-corrected chi connectivity index (χ1v) is 6.17. The molecule has 0 radical (unpaired) electrons. The van der Waals surface area contributed by atoms with Crippen LogP contribution in [0.5, 0.6) is 0 Å². The van der Waals surface area contributed by atoms with Crippen LogP contribution in [-0.2, 0) is 4.79 Å². The quantitative estimate of drug-likeness (QED) is 0.711. The molecule has 1 aliphatic heterocycles. The molecule has 4 heteroatoms. The molecule has 2 rings (SSSR count). The van der Waals surface area contributed by atoms with Crippen molar-refractivity contribution in [2.24, 2.45) is 5.41 Å². The van der Waals surface area contributed by atoms with Crippen molar-refractivity contribution >= 4 is 5.91 Å². The average Bonchev–Trinajstić information content (AvgIpc) is 2.99. The van der Waals surface area contributed by atoms with E-state index in [9.17, 15) is 9.90 Å². The maximum atomic E-state index is 12.0. The van der Waals surface area contributed by atoms with Crippen molar-refractivity contribution in [2.45, 2.75) is 45.2 Å². The van der Waals surface area contributed by atoms with Crippen LogP contribution in [0.4, 0.5) is 0 Å². The monoisotopic (exact) mass is 226 g/mol. The molecule has 0 aromatic carbocycles. The van der Waals surface area contributed by atoms with E-state index in [2.05, 4.69) is 5.32 Å². The Morgan fingerprint density at radius 3 is 2.69 bits per heavy atom. The molecule has 0 bridgehead atoms. The molecule has 1 atom stereocenters. The van der Waals surface area contributed by atoms with Crippen molar-refractivity contribution in [2.75, 3.05) is 19.7 Å². The zero-order valence-electron chi connectivity index (χ0n) is 10.2. The predicted molar refractivity (Wildman–Crippen MR) is 62.0 cm³/mol. The van der Waals surface area contributed by atoms with Gasteiger partial charge in [-0.3, -0.25) is 4.79 Å². The topological polar surface area (TPSA) is 52.6 Å². The number of carbonyl (C=O) groups excluding carboxylic acids is 1. The first-order valence-electron chi connectivity index (χ1n) is 6.17. The van der Waals surface area contributed by atoms with Crippen LogP contribution in [0.25, 0.3) is 0 Å². The van der Waals surface area contributed by atoms with Crippen molar-refractivity contribution in [3.8, 4) is 0 Å². The summed E-state index contributed by atoms with van der Waals surface area (Å²) < 4.78 is 0. The molecule has 2 aliphatic rings. The van der Waals surface area contributed by atoms with E-state index in [1.807, 2.05) is 18.7 Å². The Morgan fingerprint density at radius 1 is 1.44 bits per heavy atom. The lowest BCUT2D eigenvalue weighted by molar-refractivity contribution is -0.130. The highest BCUT2D eigenvalue weighted by Crippen LogP contribution is 2.24. The summed E-state index contributed by atoms with van der Waals surface area (Å²) in [5, 5.41) is 12.6. The number of nitrogens with one attached hydrogen (secondary N) is 1. The normalized spacial score (nSPS) is 26.6. The van der Waals surface area contributed by atoms with Gasteiger partial charge in [-0.25, -0.2) is 0 Å². The van der Waals surface area contributed by atoms with E-state index in [0.29, 0.717) is 12.6 Å². The molecule has 1 unspecified atom stereocenters. The maximum absolute atomic E-state index is 12.0. The first kappa shape index (κ1) is 11.9. The summed E-state index contributed by atoms with van der Waals surface area (Å²) in [6.45, 7) is 5.58. The van der Waals surface area contributed by atoms with Gasteiger partial charge in [0.1, 0.15) is 0 Å². The molecular formula is C12H22N2O2. The molecule has 2 N–H and O–H groups in total. The Hall–Kier alpha value is -0.610. The number of rotatable bonds is 5. The number of amides is 1. The lowest BCUT2D eigenvalue weighted by atomic mass is 9.94. The third kappa shape index (κ3) is 2.74. The van der Waals surface area contributed by atoms with Crippen LogP contribution < -0.4 is 5.32 Å². The minimum atomic E-state index is -0.190. The number of aliphatic hydroxyl groups excluding tert-OH is 1. The van der Waals surface area contributed by atoms with Gasteiger partial charge in [0.2, 0.25) is 5.91 Å². The van der Waals surface area contributed by atoms with E-state index < -0.39 is 0 Å². The molecule has 0 aromatic rings. The van der Waals surface area contributed by atoms with Crippen molar-refractivity contribution in [3.05, 3.63) is 0 Å². The summed E-state index contributed by atoms with van der Waals surface area (Å²) in [5.41, 5.74) is -0.190. The molecule has 1 amide bonds. The fraction of sp³-hybridized carbons (Fsp3) is 0.917. The molecule has 92 valence electrons. The molecular weight excluding hydrogens is 204 g/mol. The summed E-state index contributed by atoms with van der Waals surface area (Å²) >= 11 is 0. The van der Waals surface area contributed by atoms with Gasteiger partial charge in [0.05, 0.1) is 6.04 Å². The van der Waals surface area contributed by atoms with Crippen LogP contribution in [-0.4, -0.2) is 47.7 Å². The predicted octanol–water partition coefficient (Wildman–Crippen LogP) is 0.358. The summed E-state index contributed by atoms with van der Waals surface area (Å²) in [7, 11) is 0. The molecule has 0 spiro atoms. The van der Waals surface area contributed by atoms with E-state index >= 15 is 0 Å². The fourth-order valence-corrected chi connectivity index (χ4v) is 2.15. The summed E-state index contributed by atoms with van der Waals surface area (Å²) in [6, 6.07) is 0.613. The third-order valence-electron chi connectivity index (χ3n) is 3.36. The summed E-state index contributed by atoms with van der Waals surface area (Å²) in [5.74, 6) is 0.216. The fourth-order valence-electron chi connectivity index (χ4n) is 2.15. The number of aliphatic hydroxyl groups is 1. The Kier molecular flexibility index (Phi) is 3.22. The van der Waals surface area contributed by atoms with Crippen LogP contribution in [0.2, 0.25) is 0 Å². The van der Waals surface area contributed by atoms with E-state index in [-0.39, 0.29) is 24.0 Å². The standard InChI is InChI=1S/C12H22N2O2/c1-12(2,8-15)7-14-6-5-10(11(14)16)13-9-3-4-9/h9-10,13,15H,3-8H2,1-2H3. The van der Waals surface area contributed by atoms with E-state index in [0.717, 1.165) is 13.0 Å². The van der Waals surface area contributed by atoms with Crippen LogP contribution >= 0.6 is 0 Å². The summed E-state index contributed by atoms with van der Waals surface area (Å²) in [4.78, 5) is 13.9. The van der Waals surface area contributed by atoms with E-state index in [4.69, 9.17) is 0 Å². The minimum Gasteiger partial charge on any atom is -0.396 e. The van der Waals surface area contributed by atoms with Gasteiger partial charge >= 0.3 is 0 Å². The Morgan fingerprint density at radius 2 is 2.12 bits per heavy atom. The van der Waals surface area contributed by atoms with Crippen molar-refractivity contribution in [1.29, 1.82) is 0 Å². The Balaban J connectivity index is 1.85. The largest absolute Gasteiger partial charge is 0.396 e. The average molecular weight is 226 g/mol. The highest BCUT2D eigenvalue weighted by molar-refractivity contribution is 5.84. The van der Waals surface area contributed by atoms with Gasteiger partial charge in [-0.15, -0.1) is 0 Å². The minimum absolute atomic E-state index is 0.0296. The zero-order valence-corrected chi connectivity index (χ0v) is 10.2. The highest BCUT2D eigenvalue weighted by atomic mass is 16.3. The highest BCUT2D eigenvalue weighted by Gasteiger charge is 2.37. The van der Waals surface area contributed by atoms with Gasteiger partial charge in [-0.1, -0.05) is 13.8 Å². The molecule has 1 saturated heterocycles. The van der Waals surface area contributed by atoms with Gasteiger partial charge in [0.25, 0.3) is 0 Å². The number of nitrogens with zero attached hydrogens (tertiary/aromatic N) is 1. The van der Waals surface area contributed by atoms with E-state index in [1.54, 1.807) is 0 Å².